The topological polar surface area (TPSA) is 3.24 Å². The molecule has 37 heavy (non-hydrogen) atoms. The summed E-state index contributed by atoms with van der Waals surface area (Å²) >= 11 is 0. The van der Waals surface area contributed by atoms with Crippen LogP contribution in [0.15, 0.2) is 140 Å². The Kier molecular flexibility index (Phi) is 12.4. The molecule has 0 aromatic heterocycles. The number of allylic oxidation sites excluding steroid dienone is 6. The molecule has 0 amide bonds. The van der Waals surface area contributed by atoms with Crippen LogP contribution in [0, 0.1) is 6.92 Å². The highest BCUT2D eigenvalue weighted by Crippen LogP contribution is 2.36. The Morgan fingerprint density at radius 3 is 1.84 bits per heavy atom. The molecular weight excluding hydrogens is 446 g/mol. The fourth-order valence-corrected chi connectivity index (χ4v) is 3.99. The van der Waals surface area contributed by atoms with Crippen molar-refractivity contribution < 1.29 is 0 Å². The Morgan fingerprint density at radius 1 is 0.703 bits per heavy atom. The molecule has 1 nitrogen and oxygen atoms in total. The Labute approximate surface area is 224 Å². The number of hydrogen-bond acceptors (Lipinski definition) is 1. The number of anilines is 2. The number of fused-ring (bicyclic) bond motifs is 1. The van der Waals surface area contributed by atoms with Crippen LogP contribution in [-0.2, 0) is 0 Å². The van der Waals surface area contributed by atoms with Crippen LogP contribution in [-0.4, -0.2) is 0 Å². The highest BCUT2D eigenvalue weighted by Gasteiger charge is 2.15. The van der Waals surface area contributed by atoms with Crippen molar-refractivity contribution in [3.63, 3.8) is 0 Å². The minimum atomic E-state index is 1.15. The Hall–Kier alpha value is -4.10. The van der Waals surface area contributed by atoms with Gasteiger partial charge < -0.3 is 4.90 Å². The molecule has 0 aliphatic heterocycles. The van der Waals surface area contributed by atoms with Crippen LogP contribution in [0.25, 0.3) is 21.9 Å². The molecule has 0 saturated heterocycles. The predicted molar refractivity (Wildman–Crippen MR) is 168 cm³/mol. The van der Waals surface area contributed by atoms with Gasteiger partial charge in [-0.1, -0.05) is 129 Å². The molecule has 0 heterocycles. The summed E-state index contributed by atoms with van der Waals surface area (Å²) in [5.41, 5.74) is 7.22. The second-order valence-electron chi connectivity index (χ2n) is 8.22. The van der Waals surface area contributed by atoms with Crippen molar-refractivity contribution in [3.05, 3.63) is 145 Å². The standard InChI is InChI=1S/C29H27N.C5H8.C2H6/c1-4-9-26(5-2)30(29-13-8-11-25-10-6-7-12-28(25)29)27-20-18-24(19-21-27)23-16-14-22(3)15-17-23;1-3-5-4-2;1-2/h4-21H,1-3H3;3-5H,1H2,2H3;1-2H3/b9-4-,26-5+;5-4-;. The highest BCUT2D eigenvalue weighted by atomic mass is 15.1. The molecule has 4 aromatic carbocycles. The Morgan fingerprint density at radius 2 is 1.30 bits per heavy atom. The summed E-state index contributed by atoms with van der Waals surface area (Å²) < 4.78 is 0. The number of rotatable bonds is 6. The fraction of sp³-hybridized carbons (Fsp3) is 0.167. The summed E-state index contributed by atoms with van der Waals surface area (Å²) in [6, 6.07) is 32.6. The molecule has 4 aromatic rings. The molecule has 0 aliphatic carbocycles. The van der Waals surface area contributed by atoms with E-state index in [1.54, 1.807) is 6.08 Å². The molecule has 0 aliphatic rings. The fourth-order valence-electron chi connectivity index (χ4n) is 3.99. The van der Waals surface area contributed by atoms with Gasteiger partial charge in [0.05, 0.1) is 5.69 Å². The summed E-state index contributed by atoms with van der Waals surface area (Å²) in [5, 5.41) is 2.48. The second-order valence-corrected chi connectivity index (χ2v) is 8.22. The average molecular weight is 488 g/mol. The number of nitrogens with zero attached hydrogens (tertiary/aromatic N) is 1. The molecule has 0 fully saturated rings. The maximum atomic E-state index is 3.46. The molecule has 190 valence electrons. The van der Waals surface area contributed by atoms with Crippen molar-refractivity contribution in [3.8, 4) is 11.1 Å². The lowest BCUT2D eigenvalue weighted by Crippen LogP contribution is -2.15. The van der Waals surface area contributed by atoms with E-state index in [4.69, 9.17) is 0 Å². The minimum Gasteiger partial charge on any atom is -0.310 e. The van der Waals surface area contributed by atoms with E-state index < -0.39 is 0 Å². The van der Waals surface area contributed by atoms with Gasteiger partial charge >= 0.3 is 0 Å². The van der Waals surface area contributed by atoms with Crippen molar-refractivity contribution >= 4 is 22.1 Å². The molecular formula is C36H41N. The number of benzene rings is 4. The molecule has 0 spiro atoms. The molecule has 4 rings (SSSR count). The van der Waals surface area contributed by atoms with Crippen LogP contribution >= 0.6 is 0 Å². The molecule has 0 N–H and O–H groups in total. The average Bonchev–Trinajstić information content (AvgIpc) is 2.95. The summed E-state index contributed by atoms with van der Waals surface area (Å²) in [6.07, 6.45) is 12.0. The highest BCUT2D eigenvalue weighted by molar-refractivity contribution is 5.97. The SMILES string of the molecule is C/C=C\C(=C/C)N(c1ccc(-c2ccc(C)cc2)cc1)c1cccc2ccccc12.C=C/C=C\C.CC. The van der Waals surface area contributed by atoms with Crippen molar-refractivity contribution in [2.45, 2.75) is 41.5 Å². The summed E-state index contributed by atoms with van der Waals surface area (Å²) in [5.74, 6) is 0. The van der Waals surface area contributed by atoms with E-state index in [9.17, 15) is 0 Å². The van der Waals surface area contributed by atoms with E-state index in [2.05, 4.69) is 141 Å². The van der Waals surface area contributed by atoms with Gasteiger partial charge in [-0.2, -0.15) is 0 Å². The zero-order valence-electron chi connectivity index (χ0n) is 23.3. The van der Waals surface area contributed by atoms with Crippen LogP contribution in [0.5, 0.6) is 0 Å². The third kappa shape index (κ3) is 7.95. The first kappa shape index (κ1) is 29.1. The monoisotopic (exact) mass is 487 g/mol. The van der Waals surface area contributed by atoms with Crippen molar-refractivity contribution in [2.75, 3.05) is 4.90 Å². The van der Waals surface area contributed by atoms with Crippen LogP contribution in [0.2, 0.25) is 0 Å². The number of hydrogen-bond donors (Lipinski definition) is 0. The number of aryl methyl sites for hydroxylation is 1. The zero-order chi connectivity index (χ0) is 27.0. The van der Waals surface area contributed by atoms with E-state index in [1.807, 2.05) is 32.9 Å². The lowest BCUT2D eigenvalue weighted by molar-refractivity contribution is 1.21. The molecule has 0 bridgehead atoms. The van der Waals surface area contributed by atoms with E-state index in [0.29, 0.717) is 0 Å². The summed E-state index contributed by atoms with van der Waals surface area (Å²) in [7, 11) is 0. The molecule has 0 atom stereocenters. The van der Waals surface area contributed by atoms with E-state index in [1.165, 1.54) is 33.2 Å². The van der Waals surface area contributed by atoms with Crippen molar-refractivity contribution in [1.29, 1.82) is 0 Å². The quantitative estimate of drug-likeness (QED) is 0.244. The van der Waals surface area contributed by atoms with Gasteiger partial charge in [0.2, 0.25) is 0 Å². The maximum Gasteiger partial charge on any atom is 0.0539 e. The van der Waals surface area contributed by atoms with Gasteiger partial charge in [-0.05, 0) is 68.5 Å². The van der Waals surface area contributed by atoms with Crippen LogP contribution in [0.3, 0.4) is 0 Å². The first-order chi connectivity index (χ1) is 18.1. The van der Waals surface area contributed by atoms with Gasteiger partial charge in [0, 0.05) is 16.8 Å². The summed E-state index contributed by atoms with van der Waals surface area (Å²) in [6.45, 7) is 15.7. The lowest BCUT2D eigenvalue weighted by Gasteiger charge is -2.28. The van der Waals surface area contributed by atoms with E-state index in [-0.39, 0.29) is 0 Å². The second kappa shape index (κ2) is 15.8. The minimum absolute atomic E-state index is 1.15. The lowest BCUT2D eigenvalue weighted by atomic mass is 10.0. The first-order valence-corrected chi connectivity index (χ1v) is 13.1. The van der Waals surface area contributed by atoms with E-state index >= 15 is 0 Å². The predicted octanol–water partition coefficient (Wildman–Crippen LogP) is 11.2. The van der Waals surface area contributed by atoms with Crippen molar-refractivity contribution in [1.82, 2.24) is 0 Å². The van der Waals surface area contributed by atoms with Gasteiger partial charge in [0.1, 0.15) is 0 Å². The smallest absolute Gasteiger partial charge is 0.0539 e. The molecule has 1 heteroatoms. The van der Waals surface area contributed by atoms with Gasteiger partial charge in [0.25, 0.3) is 0 Å². The molecule has 0 radical (unpaired) electrons. The third-order valence-electron chi connectivity index (χ3n) is 5.74. The van der Waals surface area contributed by atoms with Gasteiger partial charge in [-0.25, -0.2) is 0 Å². The first-order valence-electron chi connectivity index (χ1n) is 13.1. The maximum absolute atomic E-state index is 3.46. The van der Waals surface area contributed by atoms with Crippen LogP contribution in [0.1, 0.15) is 40.2 Å². The van der Waals surface area contributed by atoms with E-state index in [0.717, 1.165) is 11.4 Å². The van der Waals surface area contributed by atoms with Gasteiger partial charge in [0.15, 0.2) is 0 Å². The van der Waals surface area contributed by atoms with Crippen LogP contribution < -0.4 is 4.90 Å². The third-order valence-corrected chi connectivity index (χ3v) is 5.74. The zero-order valence-corrected chi connectivity index (χ0v) is 23.3. The Bertz CT molecular complexity index is 1310. The Balaban J connectivity index is 0.000000617. The molecule has 0 saturated carbocycles. The summed E-state index contributed by atoms with van der Waals surface area (Å²) in [4.78, 5) is 2.33. The van der Waals surface area contributed by atoms with Crippen molar-refractivity contribution in [2.24, 2.45) is 0 Å². The normalized spacial score (nSPS) is 11.0. The largest absolute Gasteiger partial charge is 0.310 e. The molecule has 0 unspecified atom stereocenters. The van der Waals surface area contributed by atoms with Crippen LogP contribution in [0.4, 0.5) is 11.4 Å². The van der Waals surface area contributed by atoms with Gasteiger partial charge in [-0.15, -0.1) is 0 Å². The van der Waals surface area contributed by atoms with Gasteiger partial charge in [-0.3, -0.25) is 0 Å².